The Kier molecular flexibility index (Phi) is 15.5. The van der Waals surface area contributed by atoms with Crippen molar-refractivity contribution >= 4 is 11.9 Å². The van der Waals surface area contributed by atoms with Gasteiger partial charge in [0.25, 0.3) is 0 Å². The second-order valence-electron chi connectivity index (χ2n) is 8.13. The van der Waals surface area contributed by atoms with E-state index in [2.05, 4.69) is 97.3 Å². The van der Waals surface area contributed by atoms with Crippen molar-refractivity contribution in [2.45, 2.75) is 79.6 Å². The zero-order valence-electron chi connectivity index (χ0n) is 19.4. The molecule has 0 aromatic rings. The lowest BCUT2D eigenvalue weighted by atomic mass is 10.4. The van der Waals surface area contributed by atoms with Crippen molar-refractivity contribution < 1.29 is 0 Å². The van der Waals surface area contributed by atoms with E-state index in [4.69, 9.17) is 0 Å². The molecule has 0 atom stereocenters. The fourth-order valence-corrected chi connectivity index (χ4v) is 2.29. The van der Waals surface area contributed by atoms with Gasteiger partial charge in [0.2, 0.25) is 0 Å². The lowest BCUT2D eigenvalue weighted by Gasteiger charge is -2.17. The van der Waals surface area contributed by atoms with Crippen LogP contribution in [0.5, 0.6) is 0 Å². The Bertz CT molecular complexity index is 418. The van der Waals surface area contributed by atoms with Crippen LogP contribution in [0.15, 0.2) is 9.98 Å². The Balaban J connectivity index is 3.84. The molecule has 6 N–H and O–H groups in total. The molecular weight excluding hydrogens is 352 g/mol. The average Bonchev–Trinajstić information content (AvgIpc) is 2.54. The Hall–Kier alpha value is -1.54. The summed E-state index contributed by atoms with van der Waals surface area (Å²) in [7, 11) is 0. The van der Waals surface area contributed by atoms with E-state index in [-0.39, 0.29) is 6.04 Å². The van der Waals surface area contributed by atoms with Crippen LogP contribution in [-0.2, 0) is 0 Å². The molecule has 0 bridgehead atoms. The zero-order chi connectivity index (χ0) is 21.4. The highest BCUT2D eigenvalue weighted by molar-refractivity contribution is 5.80. The third-order valence-corrected chi connectivity index (χ3v) is 3.29. The number of nitrogens with zero attached hydrogens (tertiary/aromatic N) is 2. The van der Waals surface area contributed by atoms with E-state index in [0.717, 1.165) is 51.2 Å². The lowest BCUT2D eigenvalue weighted by molar-refractivity contribution is 0.601. The van der Waals surface area contributed by atoms with Gasteiger partial charge in [-0.3, -0.25) is 9.98 Å². The molecule has 0 aromatic carbocycles. The van der Waals surface area contributed by atoms with Gasteiger partial charge in [-0.15, -0.1) is 0 Å². The van der Waals surface area contributed by atoms with E-state index in [9.17, 15) is 0 Å². The third kappa shape index (κ3) is 17.9. The van der Waals surface area contributed by atoms with E-state index in [1.165, 1.54) is 0 Å². The van der Waals surface area contributed by atoms with Gasteiger partial charge in [-0.2, -0.15) is 0 Å². The average molecular weight is 399 g/mol. The van der Waals surface area contributed by atoms with Crippen LogP contribution < -0.4 is 31.9 Å². The summed E-state index contributed by atoms with van der Waals surface area (Å²) in [5, 5.41) is 20.2. The number of hydrogen-bond acceptors (Lipinski definition) is 4. The summed E-state index contributed by atoms with van der Waals surface area (Å²) in [6, 6.07) is 1.40. The van der Waals surface area contributed by atoms with Gasteiger partial charge < -0.3 is 31.9 Å². The molecular formula is C20H46N8. The van der Waals surface area contributed by atoms with Gasteiger partial charge in [0, 0.05) is 56.9 Å². The van der Waals surface area contributed by atoms with Gasteiger partial charge in [0.05, 0.1) is 6.54 Å². The first kappa shape index (κ1) is 26.5. The van der Waals surface area contributed by atoms with Crippen molar-refractivity contribution in [2.24, 2.45) is 9.98 Å². The van der Waals surface area contributed by atoms with Crippen molar-refractivity contribution in [1.82, 2.24) is 31.9 Å². The van der Waals surface area contributed by atoms with Crippen LogP contribution in [0.25, 0.3) is 0 Å². The van der Waals surface area contributed by atoms with E-state index in [0.29, 0.717) is 18.1 Å². The van der Waals surface area contributed by atoms with Gasteiger partial charge in [-0.1, -0.05) is 0 Å². The lowest BCUT2D eigenvalue weighted by Crippen LogP contribution is -2.44. The zero-order valence-corrected chi connectivity index (χ0v) is 19.4. The van der Waals surface area contributed by atoms with Crippen molar-refractivity contribution in [1.29, 1.82) is 0 Å². The summed E-state index contributed by atoms with van der Waals surface area (Å²) < 4.78 is 0. The molecule has 0 fully saturated rings. The van der Waals surface area contributed by atoms with E-state index in [1.54, 1.807) is 0 Å². The minimum absolute atomic E-state index is 0.278. The smallest absolute Gasteiger partial charge is 0.191 e. The summed E-state index contributed by atoms with van der Waals surface area (Å²) in [5.74, 6) is 1.76. The Morgan fingerprint density at radius 2 is 1.07 bits per heavy atom. The molecule has 0 rings (SSSR count). The number of hydrogen-bond donors (Lipinski definition) is 6. The SMILES string of the molecule is CC(C)N=C(NCCNCCNCCN=C(NC(C)C)NC(C)C)NC(C)C. The highest BCUT2D eigenvalue weighted by atomic mass is 15.2. The fourth-order valence-electron chi connectivity index (χ4n) is 2.29. The predicted molar refractivity (Wildman–Crippen MR) is 123 cm³/mol. The number of rotatable bonds is 13. The van der Waals surface area contributed by atoms with E-state index < -0.39 is 0 Å². The summed E-state index contributed by atoms with van der Waals surface area (Å²) in [6.07, 6.45) is 0. The van der Waals surface area contributed by atoms with Crippen LogP contribution in [0.1, 0.15) is 55.4 Å². The second-order valence-corrected chi connectivity index (χ2v) is 8.13. The molecule has 0 aliphatic rings. The van der Waals surface area contributed by atoms with E-state index >= 15 is 0 Å². The first-order valence-corrected chi connectivity index (χ1v) is 10.8. The summed E-state index contributed by atoms with van der Waals surface area (Å²) in [5.41, 5.74) is 0. The highest BCUT2D eigenvalue weighted by Gasteiger charge is 2.03. The molecule has 0 saturated carbocycles. The van der Waals surface area contributed by atoms with Crippen LogP contribution >= 0.6 is 0 Å². The monoisotopic (exact) mass is 398 g/mol. The minimum atomic E-state index is 0.278. The van der Waals surface area contributed by atoms with E-state index in [1.807, 2.05) is 0 Å². The molecule has 166 valence electrons. The normalized spacial score (nSPS) is 12.1. The Labute approximate surface area is 173 Å². The maximum atomic E-state index is 4.60. The van der Waals surface area contributed by atoms with Crippen molar-refractivity contribution in [3.8, 4) is 0 Å². The Morgan fingerprint density at radius 1 is 0.607 bits per heavy atom. The van der Waals surface area contributed by atoms with Crippen molar-refractivity contribution in [3.63, 3.8) is 0 Å². The summed E-state index contributed by atoms with van der Waals surface area (Å²) >= 11 is 0. The van der Waals surface area contributed by atoms with Crippen LogP contribution in [0.3, 0.4) is 0 Å². The Morgan fingerprint density at radius 3 is 1.57 bits per heavy atom. The maximum Gasteiger partial charge on any atom is 0.191 e. The van der Waals surface area contributed by atoms with Gasteiger partial charge in [-0.25, -0.2) is 0 Å². The summed E-state index contributed by atoms with van der Waals surface area (Å²) in [6.45, 7) is 22.1. The topological polar surface area (TPSA) is 96.9 Å². The standard InChI is InChI=1S/C20H46N8/c1-15(2)25-19(26-16(3)4)23-13-11-21-9-10-22-12-14-24-20(27-17(5)6)28-18(7)8/h15-18,21-22H,9-14H2,1-8H3,(H2,23,25,26)(H2,24,27,28). The molecule has 0 aliphatic heterocycles. The molecule has 0 unspecified atom stereocenters. The molecule has 28 heavy (non-hydrogen) atoms. The molecule has 0 radical (unpaired) electrons. The first-order chi connectivity index (χ1) is 13.2. The molecule has 0 aliphatic carbocycles. The fraction of sp³-hybridized carbons (Fsp3) is 0.900. The first-order valence-electron chi connectivity index (χ1n) is 10.8. The predicted octanol–water partition coefficient (Wildman–Crippen LogP) is 0.870. The van der Waals surface area contributed by atoms with Gasteiger partial charge in [0.15, 0.2) is 11.9 Å². The molecule has 0 amide bonds. The number of nitrogens with one attached hydrogen (secondary N) is 6. The molecule has 0 aromatic heterocycles. The van der Waals surface area contributed by atoms with Crippen molar-refractivity contribution in [2.75, 3.05) is 39.3 Å². The van der Waals surface area contributed by atoms with Crippen LogP contribution in [0.4, 0.5) is 0 Å². The number of aliphatic imine (C=N–C) groups is 2. The van der Waals surface area contributed by atoms with Crippen LogP contribution in [0.2, 0.25) is 0 Å². The van der Waals surface area contributed by atoms with Gasteiger partial charge in [-0.05, 0) is 55.4 Å². The molecule has 0 heterocycles. The quantitative estimate of drug-likeness (QED) is 0.157. The summed E-state index contributed by atoms with van der Waals surface area (Å²) in [4.78, 5) is 9.17. The van der Waals surface area contributed by atoms with Crippen LogP contribution in [0, 0.1) is 0 Å². The van der Waals surface area contributed by atoms with Crippen molar-refractivity contribution in [3.05, 3.63) is 0 Å². The molecule has 8 heteroatoms. The largest absolute Gasteiger partial charge is 0.355 e. The minimum Gasteiger partial charge on any atom is -0.355 e. The highest BCUT2D eigenvalue weighted by Crippen LogP contribution is 1.87. The third-order valence-electron chi connectivity index (χ3n) is 3.29. The van der Waals surface area contributed by atoms with Gasteiger partial charge in [0.1, 0.15) is 0 Å². The maximum absolute atomic E-state index is 4.60. The second kappa shape index (κ2) is 16.4. The van der Waals surface area contributed by atoms with Crippen LogP contribution in [-0.4, -0.2) is 75.4 Å². The molecule has 8 nitrogen and oxygen atoms in total. The molecule has 0 saturated heterocycles. The molecule has 0 spiro atoms. The number of guanidine groups is 2. The van der Waals surface area contributed by atoms with Gasteiger partial charge >= 0.3 is 0 Å².